The van der Waals surface area contributed by atoms with Crippen LogP contribution in [0.2, 0.25) is 0 Å². The molecule has 0 aromatic heterocycles. The van der Waals surface area contributed by atoms with E-state index in [1.807, 2.05) is 6.07 Å². The Morgan fingerprint density at radius 2 is 1.81 bits per heavy atom. The molecule has 2 nitrogen and oxygen atoms in total. The summed E-state index contributed by atoms with van der Waals surface area (Å²) in [4.78, 5) is 8.35. The van der Waals surface area contributed by atoms with Crippen LogP contribution in [0.25, 0.3) is 5.57 Å². The van der Waals surface area contributed by atoms with Gasteiger partial charge in [0.15, 0.2) is 0 Å². The molecule has 1 aromatic rings. The van der Waals surface area contributed by atoms with Crippen molar-refractivity contribution in [1.29, 1.82) is 5.41 Å². The van der Waals surface area contributed by atoms with E-state index in [-0.39, 0.29) is 0 Å². The van der Waals surface area contributed by atoms with Gasteiger partial charge in [-0.2, -0.15) is 0 Å². The van der Waals surface area contributed by atoms with E-state index in [0.717, 1.165) is 12.5 Å². The summed E-state index contributed by atoms with van der Waals surface area (Å²) in [5, 5.41) is 5.40. The highest BCUT2D eigenvalue weighted by atomic mass is 16.1. The average Bonchev–Trinajstić information content (AvgIpc) is 2.32. The van der Waals surface area contributed by atoms with Crippen LogP contribution in [0.15, 0.2) is 60.7 Å². The van der Waals surface area contributed by atoms with Gasteiger partial charge >= 0.3 is 0 Å². The molecule has 0 atom stereocenters. The van der Waals surface area contributed by atoms with Crippen LogP contribution >= 0.6 is 0 Å². The van der Waals surface area contributed by atoms with Crippen LogP contribution in [0, 0.1) is 5.41 Å². The summed E-state index contributed by atoms with van der Waals surface area (Å²) in [6, 6.07) is 10.4. The van der Waals surface area contributed by atoms with Crippen LogP contribution in [-0.4, -0.2) is 6.08 Å². The molecule has 1 aliphatic rings. The maximum Gasteiger partial charge on any atom is 0.231 e. The maximum atomic E-state index is 8.35. The summed E-state index contributed by atoms with van der Waals surface area (Å²) in [5.74, 6) is 0. The Balaban J connectivity index is 0.000000386. The lowest BCUT2D eigenvalue weighted by molar-refractivity contribution is 0.563. The van der Waals surface area contributed by atoms with E-state index in [1.165, 1.54) is 16.7 Å². The highest BCUT2D eigenvalue weighted by Gasteiger charge is 2.00. The first-order valence-electron chi connectivity index (χ1n) is 4.93. The zero-order valence-corrected chi connectivity index (χ0v) is 8.94. The van der Waals surface area contributed by atoms with Gasteiger partial charge < -0.3 is 0 Å². The van der Waals surface area contributed by atoms with Crippen LogP contribution < -0.4 is 0 Å². The second-order valence-corrected chi connectivity index (χ2v) is 3.32. The lowest BCUT2D eigenvalue weighted by Crippen LogP contribution is -1.86. The van der Waals surface area contributed by atoms with Gasteiger partial charge in [0.1, 0.15) is 0 Å². The third-order valence-corrected chi connectivity index (χ3v) is 2.19. The topological polar surface area (TPSA) is 40.9 Å². The van der Waals surface area contributed by atoms with Crippen molar-refractivity contribution in [2.24, 2.45) is 0 Å². The van der Waals surface area contributed by atoms with Crippen LogP contribution in [-0.2, 0) is 4.79 Å². The molecule has 2 rings (SSSR count). The summed E-state index contributed by atoms with van der Waals surface area (Å²) in [5.41, 5.74) is 3.76. The average molecular weight is 211 g/mol. The molecule has 0 radical (unpaired) electrons. The van der Waals surface area contributed by atoms with Gasteiger partial charge in [-0.25, -0.2) is 10.2 Å². The maximum absolute atomic E-state index is 8.35. The minimum atomic E-state index is 0.750. The molecule has 1 aliphatic carbocycles. The Morgan fingerprint density at radius 3 is 2.31 bits per heavy atom. The van der Waals surface area contributed by atoms with Crippen LogP contribution in [0.5, 0.6) is 0 Å². The molecule has 0 fully saturated rings. The van der Waals surface area contributed by atoms with E-state index in [2.05, 4.69) is 49.1 Å². The predicted octanol–water partition coefficient (Wildman–Crippen LogP) is 3.49. The molecular formula is C14H13NO. The Kier molecular flexibility index (Phi) is 4.71. The molecule has 16 heavy (non-hydrogen) atoms. The van der Waals surface area contributed by atoms with Gasteiger partial charge in [-0.3, -0.25) is 0 Å². The third kappa shape index (κ3) is 3.52. The van der Waals surface area contributed by atoms with E-state index in [4.69, 9.17) is 10.2 Å². The van der Waals surface area contributed by atoms with Crippen molar-refractivity contribution in [3.8, 4) is 0 Å². The molecule has 0 spiro atoms. The van der Waals surface area contributed by atoms with E-state index in [1.54, 1.807) is 0 Å². The van der Waals surface area contributed by atoms with E-state index in [0.29, 0.717) is 0 Å². The molecule has 80 valence electrons. The number of isocyanates is 1. The molecule has 0 bridgehead atoms. The molecule has 0 unspecified atom stereocenters. The lowest BCUT2D eigenvalue weighted by Gasteiger charge is -2.07. The van der Waals surface area contributed by atoms with Gasteiger partial charge in [0.2, 0.25) is 6.08 Å². The van der Waals surface area contributed by atoms with Crippen molar-refractivity contribution in [2.45, 2.75) is 6.42 Å². The number of hydrogen-bond donors (Lipinski definition) is 1. The lowest BCUT2D eigenvalue weighted by atomic mass is 9.98. The van der Waals surface area contributed by atoms with Gasteiger partial charge in [0.05, 0.1) is 0 Å². The standard InChI is InChI=1S/C13H12.CHNO/c1-11-7-9-13(10-8-11)12-5-3-2-4-6-12;2-1-3/h2-7,9-10H,1,8H2;2H. The number of hydrogen-bond acceptors (Lipinski definition) is 2. The largest absolute Gasteiger partial charge is 0.231 e. The van der Waals surface area contributed by atoms with Crippen molar-refractivity contribution in [1.82, 2.24) is 0 Å². The summed E-state index contributed by atoms with van der Waals surface area (Å²) in [7, 11) is 0. The normalized spacial score (nSPS) is 13.2. The minimum Gasteiger partial charge on any atom is -0.222 e. The number of nitrogens with one attached hydrogen (secondary N) is 1. The van der Waals surface area contributed by atoms with Gasteiger partial charge in [-0.05, 0) is 17.6 Å². The molecule has 0 aliphatic heterocycles. The quantitative estimate of drug-likeness (QED) is 0.560. The molecule has 0 amide bonds. The fourth-order valence-electron chi connectivity index (χ4n) is 1.43. The summed E-state index contributed by atoms with van der Waals surface area (Å²) >= 11 is 0. The Hall–Kier alpha value is -2.18. The highest BCUT2D eigenvalue weighted by Crippen LogP contribution is 2.22. The monoisotopic (exact) mass is 211 g/mol. The van der Waals surface area contributed by atoms with Crippen LogP contribution in [0.1, 0.15) is 12.0 Å². The molecule has 0 heterocycles. The molecule has 2 heteroatoms. The number of rotatable bonds is 1. The Bertz CT molecular complexity index is 449. The first-order chi connectivity index (χ1) is 7.77. The summed E-state index contributed by atoms with van der Waals surface area (Å²) < 4.78 is 0. The highest BCUT2D eigenvalue weighted by molar-refractivity contribution is 5.76. The summed E-state index contributed by atoms with van der Waals surface area (Å²) in [6.45, 7) is 3.91. The number of carbonyl (C=O) groups excluding carboxylic acids is 1. The fourth-order valence-corrected chi connectivity index (χ4v) is 1.43. The first-order valence-corrected chi connectivity index (χ1v) is 4.93. The number of benzene rings is 1. The van der Waals surface area contributed by atoms with E-state index < -0.39 is 0 Å². The van der Waals surface area contributed by atoms with E-state index in [9.17, 15) is 0 Å². The Labute approximate surface area is 95.1 Å². The van der Waals surface area contributed by atoms with Crippen molar-refractivity contribution in [3.63, 3.8) is 0 Å². The van der Waals surface area contributed by atoms with Crippen LogP contribution in [0.3, 0.4) is 0 Å². The zero-order valence-electron chi connectivity index (χ0n) is 8.94. The predicted molar refractivity (Wildman–Crippen MR) is 65.7 cm³/mol. The van der Waals surface area contributed by atoms with Gasteiger partial charge in [0, 0.05) is 0 Å². The van der Waals surface area contributed by atoms with Crippen molar-refractivity contribution < 1.29 is 4.79 Å². The fraction of sp³-hybridized carbons (Fsp3) is 0.0714. The van der Waals surface area contributed by atoms with Crippen LogP contribution in [0.4, 0.5) is 0 Å². The zero-order chi connectivity index (χ0) is 11.8. The minimum absolute atomic E-state index is 0.750. The second-order valence-electron chi connectivity index (χ2n) is 3.32. The van der Waals surface area contributed by atoms with Gasteiger partial charge in [0.25, 0.3) is 0 Å². The first kappa shape index (κ1) is 11.9. The molecule has 0 saturated carbocycles. The van der Waals surface area contributed by atoms with Crippen molar-refractivity contribution in [3.05, 3.63) is 66.3 Å². The molecule has 1 N–H and O–H groups in total. The van der Waals surface area contributed by atoms with Gasteiger partial charge in [-0.1, -0.05) is 60.7 Å². The summed E-state index contributed by atoms with van der Waals surface area (Å²) in [6.07, 6.45) is 8.15. The van der Waals surface area contributed by atoms with E-state index >= 15 is 0 Å². The molecular weight excluding hydrogens is 198 g/mol. The molecule has 1 aromatic carbocycles. The van der Waals surface area contributed by atoms with Crippen molar-refractivity contribution in [2.75, 3.05) is 0 Å². The molecule has 0 saturated heterocycles. The smallest absolute Gasteiger partial charge is 0.222 e. The number of allylic oxidation sites excluding steroid dienone is 5. The van der Waals surface area contributed by atoms with Gasteiger partial charge in [-0.15, -0.1) is 0 Å². The Morgan fingerprint density at radius 1 is 1.19 bits per heavy atom. The van der Waals surface area contributed by atoms with Crippen molar-refractivity contribution >= 4 is 11.7 Å². The SMILES string of the molecule is C=C1C=CC(c2ccccc2)=CC1.N=C=O. The third-order valence-electron chi connectivity index (χ3n) is 2.19. The second kappa shape index (κ2) is 6.33.